The summed E-state index contributed by atoms with van der Waals surface area (Å²) < 4.78 is 33.5. The first-order valence-electron chi connectivity index (χ1n) is 16.5. The molecule has 0 saturated carbocycles. The van der Waals surface area contributed by atoms with Crippen LogP contribution in [0.4, 0.5) is 0 Å². The van der Waals surface area contributed by atoms with E-state index >= 15 is 0 Å². The molecular formula is C37H53NO9. The first-order chi connectivity index (χ1) is 22.4. The number of oxazole rings is 1. The Kier molecular flexibility index (Phi) is 15.2. The summed E-state index contributed by atoms with van der Waals surface area (Å²) in [6.07, 6.45) is 14.9. The number of cyclic esters (lactones) is 1. The average molecular weight is 656 g/mol. The second kappa shape index (κ2) is 18.8. The van der Waals surface area contributed by atoms with Crippen molar-refractivity contribution in [1.82, 2.24) is 4.98 Å². The highest BCUT2D eigenvalue weighted by molar-refractivity contribution is 5.70. The van der Waals surface area contributed by atoms with Crippen molar-refractivity contribution >= 4 is 18.5 Å². The highest BCUT2D eigenvalue weighted by Gasteiger charge is 2.40. The maximum Gasteiger partial charge on any atom is 0.306 e. The zero-order valence-corrected chi connectivity index (χ0v) is 28.9. The van der Waals surface area contributed by atoms with E-state index in [1.165, 1.54) is 6.26 Å². The van der Waals surface area contributed by atoms with Crippen molar-refractivity contribution in [3.05, 3.63) is 72.2 Å². The minimum atomic E-state index is -0.965. The zero-order chi connectivity index (χ0) is 34.5. The fourth-order valence-electron chi connectivity index (χ4n) is 6.24. The van der Waals surface area contributed by atoms with Crippen LogP contribution in [0.1, 0.15) is 78.3 Å². The number of aliphatic hydroxyl groups is 1. The standard InChI is InChI=1S/C37H53NO9/c1-9-43-32(15-11-13-24(3)33-17-29(19-36(41)47-33)18-35-27(6)46-35)31(40)20-34(45-22-39)26(5)37(42-8)25(4)14-10-12-23(2)16-30-21-44-28(7)38-30/h9-14,16,21-22,24,26-27,29,31-35,37,40H,1,15,17-20H2,2-8H3/b12-10+,13-11+,23-16+,25-14+/t24-,26+,27+,29+,31+,32?,33-,34+,35-,37+/m1/s1. The lowest BCUT2D eigenvalue weighted by Crippen LogP contribution is -2.39. The summed E-state index contributed by atoms with van der Waals surface area (Å²) in [6.45, 7) is 15.8. The summed E-state index contributed by atoms with van der Waals surface area (Å²) in [6, 6.07) is 0. The van der Waals surface area contributed by atoms with Crippen molar-refractivity contribution in [2.75, 3.05) is 7.11 Å². The number of rotatable bonds is 20. The summed E-state index contributed by atoms with van der Waals surface area (Å²) in [5.74, 6) is 0.404. The summed E-state index contributed by atoms with van der Waals surface area (Å²) in [5, 5.41) is 11.2. The van der Waals surface area contributed by atoms with Crippen LogP contribution < -0.4 is 0 Å². The van der Waals surface area contributed by atoms with E-state index in [0.29, 0.717) is 25.2 Å². The number of allylic oxidation sites excluding steroid dienone is 4. The number of aliphatic hydroxyl groups excluding tert-OH is 1. The molecule has 2 aliphatic heterocycles. The molecule has 1 unspecified atom stereocenters. The molecule has 0 bridgehead atoms. The van der Waals surface area contributed by atoms with Crippen LogP contribution in [0.15, 0.2) is 65.0 Å². The van der Waals surface area contributed by atoms with Crippen LogP contribution in [0, 0.1) is 24.7 Å². The van der Waals surface area contributed by atoms with E-state index in [0.717, 1.165) is 29.7 Å². The molecule has 0 aromatic carbocycles. The van der Waals surface area contributed by atoms with Crippen molar-refractivity contribution in [2.24, 2.45) is 17.8 Å². The number of methoxy groups -OCH3 is 1. The van der Waals surface area contributed by atoms with E-state index in [1.54, 1.807) is 20.3 Å². The van der Waals surface area contributed by atoms with E-state index in [1.807, 2.05) is 64.2 Å². The molecule has 0 amide bonds. The van der Waals surface area contributed by atoms with Crippen molar-refractivity contribution in [1.29, 1.82) is 0 Å². The van der Waals surface area contributed by atoms with Gasteiger partial charge in [0, 0.05) is 45.1 Å². The zero-order valence-electron chi connectivity index (χ0n) is 28.9. The normalized spacial score (nSPS) is 25.9. The van der Waals surface area contributed by atoms with Gasteiger partial charge in [0.05, 0.1) is 30.7 Å². The molecule has 2 fully saturated rings. The molecule has 3 rings (SSSR count). The number of esters is 1. The third-order valence-electron chi connectivity index (χ3n) is 9.00. The molecule has 10 heteroatoms. The topological polar surface area (TPSA) is 130 Å². The Morgan fingerprint density at radius 3 is 2.60 bits per heavy atom. The van der Waals surface area contributed by atoms with E-state index in [4.69, 9.17) is 28.1 Å². The lowest BCUT2D eigenvalue weighted by atomic mass is 9.85. The number of ether oxygens (including phenoxy) is 5. The second-order valence-corrected chi connectivity index (χ2v) is 12.9. The molecule has 0 radical (unpaired) electrons. The van der Waals surface area contributed by atoms with Gasteiger partial charge < -0.3 is 33.2 Å². The van der Waals surface area contributed by atoms with Crippen LogP contribution in [-0.2, 0) is 33.3 Å². The highest BCUT2D eigenvalue weighted by Crippen LogP contribution is 2.35. The molecule has 0 aliphatic carbocycles. The van der Waals surface area contributed by atoms with Crippen LogP contribution in [-0.4, -0.2) is 72.4 Å². The Morgan fingerprint density at radius 1 is 1.23 bits per heavy atom. The smallest absolute Gasteiger partial charge is 0.306 e. The van der Waals surface area contributed by atoms with Gasteiger partial charge in [-0.25, -0.2) is 4.98 Å². The molecule has 0 spiro atoms. The predicted molar refractivity (Wildman–Crippen MR) is 179 cm³/mol. The fourth-order valence-corrected chi connectivity index (χ4v) is 6.24. The van der Waals surface area contributed by atoms with Gasteiger partial charge in [-0.1, -0.05) is 50.8 Å². The van der Waals surface area contributed by atoms with Gasteiger partial charge in [0.1, 0.15) is 30.3 Å². The minimum Gasteiger partial charge on any atom is -0.496 e. The Bertz CT molecular complexity index is 1280. The molecular weight excluding hydrogens is 602 g/mol. The van der Waals surface area contributed by atoms with Crippen LogP contribution >= 0.6 is 0 Å². The molecule has 3 heterocycles. The fraction of sp³-hybridized carbons (Fsp3) is 0.595. The van der Waals surface area contributed by atoms with Gasteiger partial charge in [0.25, 0.3) is 6.47 Å². The van der Waals surface area contributed by atoms with E-state index in [2.05, 4.69) is 18.5 Å². The molecule has 10 nitrogen and oxygen atoms in total. The van der Waals surface area contributed by atoms with Crippen LogP contribution in [0.5, 0.6) is 0 Å². The number of aromatic nitrogens is 1. The highest BCUT2D eigenvalue weighted by atomic mass is 16.6. The Morgan fingerprint density at radius 2 is 1.98 bits per heavy atom. The lowest BCUT2D eigenvalue weighted by molar-refractivity contribution is -0.159. The van der Waals surface area contributed by atoms with Crippen molar-refractivity contribution < 1.29 is 42.8 Å². The monoisotopic (exact) mass is 655 g/mol. The van der Waals surface area contributed by atoms with Crippen molar-refractivity contribution in [3.8, 4) is 0 Å². The Balaban J connectivity index is 1.59. The number of hydrogen-bond donors (Lipinski definition) is 1. The molecule has 1 aromatic rings. The molecule has 47 heavy (non-hydrogen) atoms. The van der Waals surface area contributed by atoms with Crippen molar-refractivity contribution in [3.63, 3.8) is 0 Å². The van der Waals surface area contributed by atoms with Gasteiger partial charge in [-0.2, -0.15) is 0 Å². The van der Waals surface area contributed by atoms with Gasteiger partial charge in [-0.05, 0) is 56.8 Å². The quantitative estimate of drug-likeness (QED) is 0.0418. The molecule has 1 N–H and O–H groups in total. The molecule has 260 valence electrons. The van der Waals surface area contributed by atoms with Crippen LogP contribution in [0.25, 0.3) is 6.08 Å². The van der Waals surface area contributed by atoms with Gasteiger partial charge in [0.15, 0.2) is 5.89 Å². The first-order valence-corrected chi connectivity index (χ1v) is 16.5. The number of carbonyl (C=O) groups excluding carboxylic acids is 2. The largest absolute Gasteiger partial charge is 0.496 e. The maximum atomic E-state index is 12.3. The number of epoxide rings is 1. The first kappa shape index (κ1) is 38.0. The minimum absolute atomic E-state index is 0.0101. The van der Waals surface area contributed by atoms with Gasteiger partial charge in [-0.3, -0.25) is 9.59 Å². The summed E-state index contributed by atoms with van der Waals surface area (Å²) in [5.41, 5.74) is 2.67. The maximum absolute atomic E-state index is 12.3. The number of nitrogens with zero attached hydrogens (tertiary/aromatic N) is 1. The van der Waals surface area contributed by atoms with Gasteiger partial charge in [-0.15, -0.1) is 0 Å². The average Bonchev–Trinajstić information content (AvgIpc) is 3.55. The van der Waals surface area contributed by atoms with E-state index in [9.17, 15) is 14.7 Å². The van der Waals surface area contributed by atoms with Gasteiger partial charge in [0.2, 0.25) is 0 Å². The lowest BCUT2D eigenvalue weighted by Gasteiger charge is -2.32. The summed E-state index contributed by atoms with van der Waals surface area (Å²) in [4.78, 5) is 28.1. The number of carbonyl (C=O) groups is 2. The molecule has 2 saturated heterocycles. The van der Waals surface area contributed by atoms with Crippen molar-refractivity contribution in [2.45, 2.75) is 116 Å². The van der Waals surface area contributed by atoms with E-state index in [-0.39, 0.29) is 54.6 Å². The third kappa shape index (κ3) is 12.2. The number of aryl methyl sites for hydroxylation is 1. The Labute approximate surface area is 279 Å². The molecule has 1 aromatic heterocycles. The second-order valence-electron chi connectivity index (χ2n) is 12.9. The van der Waals surface area contributed by atoms with E-state index < -0.39 is 18.3 Å². The summed E-state index contributed by atoms with van der Waals surface area (Å²) >= 11 is 0. The third-order valence-corrected chi connectivity index (χ3v) is 9.00. The predicted octanol–water partition coefficient (Wildman–Crippen LogP) is 6.44. The molecule has 2 aliphatic rings. The Hall–Kier alpha value is -3.47. The van der Waals surface area contributed by atoms with Crippen LogP contribution in [0.3, 0.4) is 0 Å². The number of hydrogen-bond acceptors (Lipinski definition) is 10. The van der Waals surface area contributed by atoms with Gasteiger partial charge >= 0.3 is 5.97 Å². The molecule has 10 atom stereocenters. The van der Waals surface area contributed by atoms with Crippen LogP contribution in [0.2, 0.25) is 0 Å². The SMILES string of the molecule is C=COC(C/C=C/[C@@H](C)[C@H]1C[C@@H](C[C@H]2O[C@H]2C)CC(=O)O1)[C@@H](O)C[C@H](OC=O)[C@H](C)[C@@H](OC)/C(C)=C/C=C/C(C)=C/c1coc(C)n1. The summed E-state index contributed by atoms with van der Waals surface area (Å²) in [7, 11) is 1.61.